The van der Waals surface area contributed by atoms with Crippen molar-refractivity contribution in [1.82, 2.24) is 9.78 Å². The van der Waals surface area contributed by atoms with E-state index in [9.17, 15) is 9.59 Å². The molecule has 28 heavy (non-hydrogen) atoms. The van der Waals surface area contributed by atoms with Crippen LogP contribution in [0.25, 0.3) is 0 Å². The molecule has 0 unspecified atom stereocenters. The number of methoxy groups -OCH3 is 1. The van der Waals surface area contributed by atoms with Gasteiger partial charge in [-0.2, -0.15) is 0 Å². The number of aromatic nitrogens is 2. The van der Waals surface area contributed by atoms with Gasteiger partial charge in [-0.25, -0.2) is 9.48 Å². The molecule has 0 N–H and O–H groups in total. The van der Waals surface area contributed by atoms with Gasteiger partial charge in [-0.15, -0.1) is 5.10 Å². The lowest BCUT2D eigenvalue weighted by molar-refractivity contribution is -0.116. The minimum Gasteiger partial charge on any atom is -0.465 e. The SMILES string of the molecule is COC(=O)c1cccc2c1CCCN2Cn1nc(N(C(C)=O)C2CC2)sc1=S. The number of amides is 1. The summed E-state index contributed by atoms with van der Waals surface area (Å²) in [5.41, 5.74) is 2.63. The zero-order valence-electron chi connectivity index (χ0n) is 15.9. The molecule has 2 aromatic rings. The highest BCUT2D eigenvalue weighted by atomic mass is 32.1. The van der Waals surface area contributed by atoms with E-state index in [2.05, 4.69) is 10.00 Å². The van der Waals surface area contributed by atoms with E-state index in [4.69, 9.17) is 17.0 Å². The summed E-state index contributed by atoms with van der Waals surface area (Å²) in [5, 5.41) is 5.30. The average molecular weight is 419 g/mol. The fourth-order valence-corrected chi connectivity index (χ4v) is 4.87. The van der Waals surface area contributed by atoms with Crippen LogP contribution >= 0.6 is 23.6 Å². The summed E-state index contributed by atoms with van der Waals surface area (Å²) in [6.45, 7) is 2.91. The molecule has 2 aliphatic rings. The van der Waals surface area contributed by atoms with E-state index in [0.29, 0.717) is 21.3 Å². The maximum Gasteiger partial charge on any atom is 0.338 e. The summed E-state index contributed by atoms with van der Waals surface area (Å²) >= 11 is 6.89. The third-order valence-corrected chi connectivity index (χ3v) is 6.42. The second-order valence-electron chi connectivity index (χ2n) is 7.07. The molecule has 0 bridgehead atoms. The molecule has 1 fully saturated rings. The van der Waals surface area contributed by atoms with E-state index in [-0.39, 0.29) is 17.9 Å². The Kier molecular flexibility index (Phi) is 5.20. The Hall–Kier alpha value is -2.26. The molecule has 2 heterocycles. The Balaban J connectivity index is 1.62. The van der Waals surface area contributed by atoms with Crippen LogP contribution in [-0.4, -0.2) is 41.4 Å². The van der Waals surface area contributed by atoms with Crippen molar-refractivity contribution in [3.8, 4) is 0 Å². The number of fused-ring (bicyclic) bond motifs is 1. The first kappa shape index (κ1) is 19.1. The number of benzene rings is 1. The van der Waals surface area contributed by atoms with Crippen molar-refractivity contribution < 1.29 is 14.3 Å². The Morgan fingerprint density at radius 2 is 2.18 bits per heavy atom. The first-order chi connectivity index (χ1) is 13.5. The lowest BCUT2D eigenvalue weighted by Crippen LogP contribution is -2.33. The van der Waals surface area contributed by atoms with Crippen LogP contribution in [0.15, 0.2) is 18.2 Å². The fraction of sp³-hybridized carbons (Fsp3) is 0.474. The minimum absolute atomic E-state index is 0.00411. The first-order valence-electron chi connectivity index (χ1n) is 9.32. The second kappa shape index (κ2) is 7.63. The molecule has 4 rings (SSSR count). The topological polar surface area (TPSA) is 67.7 Å². The van der Waals surface area contributed by atoms with E-state index in [1.807, 2.05) is 12.1 Å². The molecular weight excluding hydrogens is 396 g/mol. The first-order valence-corrected chi connectivity index (χ1v) is 10.5. The van der Waals surface area contributed by atoms with Crippen LogP contribution in [0.3, 0.4) is 0 Å². The third kappa shape index (κ3) is 3.56. The lowest BCUT2D eigenvalue weighted by Gasteiger charge is -2.31. The van der Waals surface area contributed by atoms with E-state index < -0.39 is 0 Å². The summed E-state index contributed by atoms with van der Waals surface area (Å²) in [7, 11) is 1.40. The number of hydrogen-bond donors (Lipinski definition) is 0. The van der Waals surface area contributed by atoms with Crippen molar-refractivity contribution in [2.45, 2.75) is 45.3 Å². The van der Waals surface area contributed by atoms with Gasteiger partial charge in [0, 0.05) is 25.2 Å². The van der Waals surface area contributed by atoms with Gasteiger partial charge in [-0.05, 0) is 55.6 Å². The summed E-state index contributed by atoms with van der Waals surface area (Å²) in [6.07, 6.45) is 3.81. The molecule has 1 aromatic heterocycles. The molecule has 0 atom stereocenters. The highest BCUT2D eigenvalue weighted by Gasteiger charge is 2.34. The van der Waals surface area contributed by atoms with Crippen molar-refractivity contribution in [2.24, 2.45) is 0 Å². The van der Waals surface area contributed by atoms with Crippen molar-refractivity contribution in [2.75, 3.05) is 23.5 Å². The highest BCUT2D eigenvalue weighted by Crippen LogP contribution is 2.34. The zero-order chi connectivity index (χ0) is 19.8. The molecule has 1 aliphatic heterocycles. The minimum atomic E-state index is -0.312. The lowest BCUT2D eigenvalue weighted by atomic mass is 9.96. The van der Waals surface area contributed by atoms with Gasteiger partial charge in [0.25, 0.3) is 0 Å². The van der Waals surface area contributed by atoms with Gasteiger partial charge in [0.05, 0.1) is 12.7 Å². The quantitative estimate of drug-likeness (QED) is 0.548. The normalized spacial score (nSPS) is 15.9. The molecule has 0 radical (unpaired) electrons. The zero-order valence-corrected chi connectivity index (χ0v) is 17.5. The molecule has 1 saturated carbocycles. The fourth-order valence-electron chi connectivity index (χ4n) is 3.67. The smallest absolute Gasteiger partial charge is 0.338 e. The number of nitrogens with zero attached hydrogens (tertiary/aromatic N) is 4. The van der Waals surface area contributed by atoms with Crippen LogP contribution in [0.2, 0.25) is 0 Å². The van der Waals surface area contributed by atoms with Crippen molar-refractivity contribution >= 4 is 46.3 Å². The Morgan fingerprint density at radius 3 is 2.86 bits per heavy atom. The van der Waals surface area contributed by atoms with Gasteiger partial charge in [-0.3, -0.25) is 9.69 Å². The number of carbonyl (C=O) groups is 2. The summed E-state index contributed by atoms with van der Waals surface area (Å²) in [4.78, 5) is 28.1. The standard InChI is InChI=1S/C19H22N4O3S2/c1-12(24)23(13-8-9-13)18-20-22(19(27)28-18)11-21-10-4-6-14-15(17(25)26-2)5-3-7-16(14)21/h3,5,7,13H,4,6,8-11H2,1-2H3. The van der Waals surface area contributed by atoms with Gasteiger partial charge in [0.15, 0.2) is 3.95 Å². The maximum absolute atomic E-state index is 12.1. The van der Waals surface area contributed by atoms with Crippen LogP contribution in [0.1, 0.15) is 42.1 Å². The summed E-state index contributed by atoms with van der Waals surface area (Å²) in [5.74, 6) is -0.308. The number of anilines is 2. The van der Waals surface area contributed by atoms with Crippen molar-refractivity contribution in [1.29, 1.82) is 0 Å². The molecular formula is C19H22N4O3S2. The van der Waals surface area contributed by atoms with E-state index in [1.165, 1.54) is 18.4 Å². The largest absolute Gasteiger partial charge is 0.465 e. The van der Waals surface area contributed by atoms with Crippen molar-refractivity contribution in [3.63, 3.8) is 0 Å². The molecule has 0 saturated heterocycles. The number of esters is 1. The van der Waals surface area contributed by atoms with Crippen LogP contribution in [0.5, 0.6) is 0 Å². The highest BCUT2D eigenvalue weighted by molar-refractivity contribution is 7.73. The number of carbonyl (C=O) groups excluding carboxylic acids is 2. The van der Waals surface area contributed by atoms with Gasteiger partial charge < -0.3 is 9.64 Å². The van der Waals surface area contributed by atoms with Crippen molar-refractivity contribution in [3.05, 3.63) is 33.3 Å². The molecule has 1 aromatic carbocycles. The number of rotatable bonds is 5. The predicted molar refractivity (Wildman–Crippen MR) is 111 cm³/mol. The monoisotopic (exact) mass is 418 g/mol. The van der Waals surface area contributed by atoms with E-state index >= 15 is 0 Å². The summed E-state index contributed by atoms with van der Waals surface area (Å²) < 4.78 is 7.34. The van der Waals surface area contributed by atoms with Gasteiger partial charge in [0.2, 0.25) is 11.0 Å². The van der Waals surface area contributed by atoms with Crippen LogP contribution in [0, 0.1) is 3.95 Å². The molecule has 9 heteroatoms. The maximum atomic E-state index is 12.1. The predicted octanol–water partition coefficient (Wildman–Crippen LogP) is 3.39. The Labute approximate surface area is 172 Å². The summed E-state index contributed by atoms with van der Waals surface area (Å²) in [6, 6.07) is 5.95. The van der Waals surface area contributed by atoms with Crippen LogP contribution < -0.4 is 9.80 Å². The van der Waals surface area contributed by atoms with Crippen LogP contribution in [-0.2, 0) is 22.6 Å². The van der Waals surface area contributed by atoms with E-state index in [1.54, 1.807) is 22.6 Å². The molecule has 7 nitrogen and oxygen atoms in total. The average Bonchev–Trinajstić information content (AvgIpc) is 3.44. The molecule has 148 valence electrons. The Bertz CT molecular complexity index is 980. The van der Waals surface area contributed by atoms with Crippen LogP contribution in [0.4, 0.5) is 10.8 Å². The molecule has 0 spiro atoms. The van der Waals surface area contributed by atoms with Gasteiger partial charge >= 0.3 is 5.97 Å². The van der Waals surface area contributed by atoms with Gasteiger partial charge in [-0.1, -0.05) is 17.4 Å². The second-order valence-corrected chi connectivity index (χ2v) is 8.67. The molecule has 1 amide bonds. The van der Waals surface area contributed by atoms with E-state index in [0.717, 1.165) is 43.5 Å². The molecule has 1 aliphatic carbocycles. The number of hydrogen-bond acceptors (Lipinski definition) is 7. The Morgan fingerprint density at radius 1 is 1.39 bits per heavy atom. The van der Waals surface area contributed by atoms with Gasteiger partial charge in [0.1, 0.15) is 6.67 Å². The third-order valence-electron chi connectivity index (χ3n) is 5.11. The number of ether oxygens (including phenoxy) is 1.